The van der Waals surface area contributed by atoms with Gasteiger partial charge in [0, 0.05) is 0 Å². The van der Waals surface area contributed by atoms with Crippen molar-refractivity contribution in [3.05, 3.63) is 35.4 Å². The molecule has 0 heterocycles. The molecule has 16 heavy (non-hydrogen) atoms. The van der Waals surface area contributed by atoms with Gasteiger partial charge in [0.05, 0.1) is 0 Å². The molecule has 0 aliphatic carbocycles. The van der Waals surface area contributed by atoms with Crippen molar-refractivity contribution in [2.75, 3.05) is 0 Å². The van der Waals surface area contributed by atoms with Crippen LogP contribution in [0.25, 0.3) is 0 Å². The number of benzene rings is 1. The normalized spacial score (nSPS) is 8.31. The van der Waals surface area contributed by atoms with E-state index in [0.717, 1.165) is 0 Å². The summed E-state index contributed by atoms with van der Waals surface area (Å²) in [5.74, 6) is 0. The minimum absolute atomic E-state index is 0. The Morgan fingerprint density at radius 1 is 0.875 bits per heavy atom. The van der Waals surface area contributed by atoms with E-state index in [0.29, 0.717) is 0 Å². The molecule has 1 aromatic rings. The maximum atomic E-state index is 8.55. The molecule has 0 saturated heterocycles. The average molecular weight is 270 g/mol. The molecule has 0 aromatic heterocycles. The molecule has 0 saturated carbocycles. The van der Waals surface area contributed by atoms with Gasteiger partial charge in [-0.15, -0.1) is 0 Å². The van der Waals surface area contributed by atoms with Crippen LogP contribution in [0.3, 0.4) is 0 Å². The van der Waals surface area contributed by atoms with Gasteiger partial charge < -0.3 is 19.2 Å². The fraction of sp³-hybridized carbons (Fsp3) is 0.250. The van der Waals surface area contributed by atoms with E-state index in [2.05, 4.69) is 38.1 Å². The second-order valence-electron chi connectivity index (χ2n) is 2.53. The summed E-state index contributed by atoms with van der Waals surface area (Å²) in [4.78, 5) is 25.6. The summed E-state index contributed by atoms with van der Waals surface area (Å²) in [6.45, 7) is 4.24. The maximum Gasteiger partial charge on any atom is 1.00 e. The number of hydrogen-bond donors (Lipinski definition) is 0. The molecular weight excluding hydrogens is 260 g/mol. The minimum Gasteiger partial charge on any atom is -0.822 e. The third-order valence-corrected chi connectivity index (χ3v) is 1.43. The van der Waals surface area contributed by atoms with E-state index in [1.165, 1.54) is 11.1 Å². The summed E-state index contributed by atoms with van der Waals surface area (Å²) in [7, 11) is -5.39. The Kier molecular flexibility index (Phi) is 23.0. The molecular formula is C8H10Na3O4P. The van der Waals surface area contributed by atoms with Crippen LogP contribution in [0.4, 0.5) is 0 Å². The first-order valence-electron chi connectivity index (χ1n) is 3.56. The van der Waals surface area contributed by atoms with Gasteiger partial charge >= 0.3 is 88.7 Å². The first kappa shape index (κ1) is 26.8. The van der Waals surface area contributed by atoms with Gasteiger partial charge in [-0.1, -0.05) is 24.3 Å². The standard InChI is InChI=1S/C8H10.3Na.H3O4P/c1-7-5-3-4-6-8(7)2;;;;1-5(2,3)4/h3-6H,1-2H3;;;;(H3,1,2,3,4)/q;3*+1;/p-3. The van der Waals surface area contributed by atoms with Crippen molar-refractivity contribution >= 4 is 7.82 Å². The average Bonchev–Trinajstić information content (AvgIpc) is 1.92. The molecule has 4 nitrogen and oxygen atoms in total. The van der Waals surface area contributed by atoms with Crippen molar-refractivity contribution in [3.63, 3.8) is 0 Å². The van der Waals surface area contributed by atoms with E-state index in [-0.39, 0.29) is 88.7 Å². The van der Waals surface area contributed by atoms with Crippen LogP contribution < -0.4 is 103 Å². The minimum atomic E-state index is -5.39. The zero-order chi connectivity index (χ0) is 10.5. The van der Waals surface area contributed by atoms with Gasteiger partial charge in [0.15, 0.2) is 0 Å². The van der Waals surface area contributed by atoms with Gasteiger partial charge in [-0.3, -0.25) is 0 Å². The molecule has 8 heteroatoms. The van der Waals surface area contributed by atoms with Gasteiger partial charge in [0.2, 0.25) is 0 Å². The van der Waals surface area contributed by atoms with Crippen LogP contribution in [-0.4, -0.2) is 0 Å². The zero-order valence-corrected chi connectivity index (χ0v) is 17.3. The van der Waals surface area contributed by atoms with Crippen molar-refractivity contribution < 1.29 is 108 Å². The second kappa shape index (κ2) is 13.8. The predicted molar refractivity (Wildman–Crippen MR) is 43.5 cm³/mol. The van der Waals surface area contributed by atoms with Gasteiger partial charge in [-0.2, -0.15) is 7.82 Å². The number of rotatable bonds is 0. The van der Waals surface area contributed by atoms with Crippen molar-refractivity contribution in [3.8, 4) is 0 Å². The smallest absolute Gasteiger partial charge is 0.822 e. The second-order valence-corrected chi connectivity index (χ2v) is 3.43. The molecule has 0 fully saturated rings. The van der Waals surface area contributed by atoms with Crippen molar-refractivity contribution in [2.24, 2.45) is 0 Å². The maximum absolute atomic E-state index is 8.55. The van der Waals surface area contributed by atoms with Crippen LogP contribution >= 0.6 is 7.82 Å². The van der Waals surface area contributed by atoms with E-state index in [4.69, 9.17) is 19.2 Å². The van der Waals surface area contributed by atoms with Gasteiger partial charge in [-0.25, -0.2) is 0 Å². The molecule has 1 rings (SSSR count). The largest absolute Gasteiger partial charge is 1.00 e. The monoisotopic (exact) mass is 270 g/mol. The molecule has 0 amide bonds. The Morgan fingerprint density at radius 3 is 1.19 bits per heavy atom. The Balaban J connectivity index is -0.0000000818. The van der Waals surface area contributed by atoms with Crippen LogP contribution in [0.15, 0.2) is 24.3 Å². The molecule has 0 N–H and O–H groups in total. The van der Waals surface area contributed by atoms with Crippen LogP contribution in [-0.2, 0) is 4.57 Å². The molecule has 0 radical (unpaired) electrons. The fourth-order valence-electron chi connectivity index (χ4n) is 0.663. The predicted octanol–water partition coefficient (Wildman–Crippen LogP) is -9.51. The van der Waals surface area contributed by atoms with E-state index in [1.807, 2.05) is 0 Å². The van der Waals surface area contributed by atoms with Crippen LogP contribution in [0.1, 0.15) is 11.1 Å². The summed E-state index contributed by atoms with van der Waals surface area (Å²) < 4.78 is 8.55. The van der Waals surface area contributed by atoms with Crippen LogP contribution in [0, 0.1) is 13.8 Å². The fourth-order valence-corrected chi connectivity index (χ4v) is 0.663. The summed E-state index contributed by atoms with van der Waals surface area (Å²) in [5, 5.41) is 0. The van der Waals surface area contributed by atoms with Crippen molar-refractivity contribution in [2.45, 2.75) is 13.8 Å². The van der Waals surface area contributed by atoms with E-state index >= 15 is 0 Å². The summed E-state index contributed by atoms with van der Waals surface area (Å²) >= 11 is 0. The summed E-state index contributed by atoms with van der Waals surface area (Å²) in [5.41, 5.74) is 2.74. The molecule has 1 aromatic carbocycles. The number of phosphoric acid groups is 1. The summed E-state index contributed by atoms with van der Waals surface area (Å²) in [6, 6.07) is 8.36. The molecule has 0 spiro atoms. The molecule has 0 bridgehead atoms. The van der Waals surface area contributed by atoms with Gasteiger partial charge in [0.25, 0.3) is 0 Å². The zero-order valence-electron chi connectivity index (χ0n) is 10.4. The van der Waals surface area contributed by atoms with Gasteiger partial charge in [0.1, 0.15) is 0 Å². The van der Waals surface area contributed by atoms with Crippen LogP contribution in [0.2, 0.25) is 0 Å². The number of hydrogen-bond acceptors (Lipinski definition) is 4. The Hall–Kier alpha value is 2.33. The van der Waals surface area contributed by atoms with Crippen molar-refractivity contribution in [1.29, 1.82) is 0 Å². The quantitative estimate of drug-likeness (QED) is 0.346. The molecule has 0 aliphatic heterocycles. The third-order valence-electron chi connectivity index (χ3n) is 1.43. The molecule has 0 unspecified atom stereocenters. The first-order chi connectivity index (χ1) is 5.80. The van der Waals surface area contributed by atoms with E-state index in [9.17, 15) is 0 Å². The van der Waals surface area contributed by atoms with Crippen molar-refractivity contribution in [1.82, 2.24) is 0 Å². The number of aryl methyl sites for hydroxylation is 2. The van der Waals surface area contributed by atoms with Crippen LogP contribution in [0.5, 0.6) is 0 Å². The van der Waals surface area contributed by atoms with E-state index in [1.54, 1.807) is 0 Å². The Bertz CT molecular complexity index is 287. The topological polar surface area (TPSA) is 86.2 Å². The third kappa shape index (κ3) is 21.6. The van der Waals surface area contributed by atoms with E-state index < -0.39 is 7.82 Å². The van der Waals surface area contributed by atoms with Gasteiger partial charge in [-0.05, 0) is 25.0 Å². The molecule has 0 atom stereocenters. The Labute approximate surface area is 162 Å². The Morgan fingerprint density at radius 2 is 1.06 bits per heavy atom. The summed E-state index contributed by atoms with van der Waals surface area (Å²) in [6.07, 6.45) is 0. The SMILES string of the molecule is Cc1ccccc1C.O=P([O-])([O-])[O-].[Na+].[Na+].[Na+]. The first-order valence-corrected chi connectivity index (χ1v) is 5.02. The molecule has 74 valence electrons. The molecule has 0 aliphatic rings.